The molecule has 3 atom stereocenters. The van der Waals surface area contributed by atoms with Crippen molar-refractivity contribution < 1.29 is 0 Å². The van der Waals surface area contributed by atoms with E-state index in [1.165, 1.54) is 0 Å². The zero-order valence-electron chi connectivity index (χ0n) is 36.4. The third-order valence-corrected chi connectivity index (χ3v) is 12.6. The van der Waals surface area contributed by atoms with E-state index in [-0.39, 0.29) is 44.3 Å². The quantitative estimate of drug-likeness (QED) is 0.152. The summed E-state index contributed by atoms with van der Waals surface area (Å²) in [5, 5.41) is 0. The molecule has 0 fully saturated rings. The molecule has 2 aliphatic rings. The van der Waals surface area contributed by atoms with Gasteiger partial charge in [0.2, 0.25) is 0 Å². The highest BCUT2D eigenvalue weighted by atomic mass is 15.2. The molecule has 0 amide bonds. The van der Waals surface area contributed by atoms with Crippen molar-refractivity contribution in [2.45, 2.75) is 24.1 Å². The Morgan fingerprint density at radius 2 is 0.848 bits per heavy atom. The van der Waals surface area contributed by atoms with Gasteiger partial charge in [-0.2, -0.15) is 0 Å². The highest BCUT2D eigenvalue weighted by Crippen LogP contribution is 2.46. The molecule has 7 aromatic rings. The standard InChI is InChI=1S/C54H34B10N2/c55-43-45(57)49(61)53(50(62)46(43)58)65(39-22-14-33(15-23-39)31-8-3-1-4-9-31)41-26-18-35(19-27-41)37-12-7-13-38(30-37)36-20-28-42(29-21-36)66(54-51(63)47(59)44(56)48(60)52(54)64)40-24-16-34(17-25-40)32-10-5-2-6-11-32/h1-28,30,42,45,49H,29H2. The lowest BCUT2D eigenvalue weighted by Gasteiger charge is -2.41. The third-order valence-electron chi connectivity index (χ3n) is 12.6. The van der Waals surface area contributed by atoms with E-state index in [4.69, 9.17) is 78.5 Å². The minimum Gasteiger partial charge on any atom is -0.335 e. The lowest BCUT2D eigenvalue weighted by atomic mass is 9.49. The molecule has 290 valence electrons. The van der Waals surface area contributed by atoms with Gasteiger partial charge in [0.25, 0.3) is 0 Å². The Kier molecular flexibility index (Phi) is 12.9. The van der Waals surface area contributed by atoms with E-state index < -0.39 is 11.6 Å². The fourth-order valence-corrected chi connectivity index (χ4v) is 8.87. The Bertz CT molecular complexity index is 3030. The van der Waals surface area contributed by atoms with Crippen molar-refractivity contribution in [3.8, 4) is 33.4 Å². The van der Waals surface area contributed by atoms with Crippen LogP contribution in [0.1, 0.15) is 12.0 Å². The normalized spacial score (nSPS) is 17.1. The summed E-state index contributed by atoms with van der Waals surface area (Å²) in [4.78, 5) is 4.10. The maximum atomic E-state index is 6.80. The average molecular weight is 819 g/mol. The van der Waals surface area contributed by atoms with Gasteiger partial charge in [0, 0.05) is 28.4 Å². The van der Waals surface area contributed by atoms with Crippen LogP contribution in [0.5, 0.6) is 0 Å². The van der Waals surface area contributed by atoms with Crippen LogP contribution in [0.25, 0.3) is 39.0 Å². The molecule has 0 saturated heterocycles. The van der Waals surface area contributed by atoms with E-state index >= 15 is 0 Å². The first-order valence-electron chi connectivity index (χ1n) is 21.7. The zero-order chi connectivity index (χ0) is 46.2. The highest BCUT2D eigenvalue weighted by molar-refractivity contribution is 6.69. The maximum absolute atomic E-state index is 6.80. The number of allylic oxidation sites excluding steroid dienone is 6. The predicted molar refractivity (Wildman–Crippen MR) is 289 cm³/mol. The summed E-state index contributed by atoms with van der Waals surface area (Å²) in [6, 6.07) is 53.4. The largest absolute Gasteiger partial charge is 0.335 e. The van der Waals surface area contributed by atoms with Crippen LogP contribution in [0.2, 0.25) is 11.6 Å². The highest BCUT2D eigenvalue weighted by Gasteiger charge is 2.30. The fourth-order valence-electron chi connectivity index (χ4n) is 8.87. The SMILES string of the molecule is [B]C1=C([B])C([B])C([B])C(N(c2ccc(-c3ccccc3)cc2)c2ccc(-c3cccc(C4=CCC(N(c5ccc(-c6ccccc6)cc5)c5c([B])c([B])c([B])c([B])c5[B])C=C4)c3)cc2)=C1[B]. The minimum atomic E-state index is -0.722. The second-order valence-electron chi connectivity index (χ2n) is 16.6. The van der Waals surface area contributed by atoms with E-state index in [9.17, 15) is 0 Å². The van der Waals surface area contributed by atoms with Crippen molar-refractivity contribution in [2.24, 2.45) is 0 Å². The molecule has 3 unspecified atom stereocenters. The first-order valence-corrected chi connectivity index (χ1v) is 21.7. The Hall–Kier alpha value is -6.25. The Labute approximate surface area is 402 Å². The lowest BCUT2D eigenvalue weighted by Crippen LogP contribution is -2.57. The lowest BCUT2D eigenvalue weighted by molar-refractivity contribution is 0.790. The molecule has 0 aromatic heterocycles. The number of rotatable bonds is 10. The Balaban J connectivity index is 1.02. The van der Waals surface area contributed by atoms with Crippen molar-refractivity contribution in [2.75, 3.05) is 9.80 Å². The van der Waals surface area contributed by atoms with Crippen LogP contribution in [0, 0.1) is 0 Å². The molecule has 20 radical (unpaired) electrons. The van der Waals surface area contributed by atoms with E-state index in [2.05, 4.69) is 120 Å². The molecule has 0 bridgehead atoms. The van der Waals surface area contributed by atoms with Crippen LogP contribution in [0.15, 0.2) is 198 Å². The second-order valence-corrected chi connectivity index (χ2v) is 16.6. The van der Waals surface area contributed by atoms with E-state index in [0.717, 1.165) is 61.6 Å². The van der Waals surface area contributed by atoms with Gasteiger partial charge >= 0.3 is 0 Å². The molecule has 2 aliphatic carbocycles. The molecule has 0 aliphatic heterocycles. The minimum absolute atomic E-state index is 0.170. The van der Waals surface area contributed by atoms with E-state index in [1.54, 1.807) is 0 Å². The molecular formula is C54H34B10N2. The number of anilines is 4. The van der Waals surface area contributed by atoms with Crippen LogP contribution in [0.3, 0.4) is 0 Å². The molecule has 0 heterocycles. The Morgan fingerprint density at radius 1 is 0.409 bits per heavy atom. The third kappa shape index (κ3) is 8.52. The number of hydrogen-bond acceptors (Lipinski definition) is 2. The van der Waals surface area contributed by atoms with Gasteiger partial charge in [-0.15, -0.1) is 27.3 Å². The number of hydrogen-bond donors (Lipinski definition) is 0. The van der Waals surface area contributed by atoms with Crippen molar-refractivity contribution in [3.63, 3.8) is 0 Å². The van der Waals surface area contributed by atoms with Crippen molar-refractivity contribution in [3.05, 3.63) is 204 Å². The molecular weight excluding hydrogens is 785 g/mol. The molecule has 2 nitrogen and oxygen atoms in total. The molecule has 12 heteroatoms. The van der Waals surface area contributed by atoms with Gasteiger partial charge in [0.1, 0.15) is 62.8 Å². The number of nitrogens with zero attached hydrogens (tertiary/aromatic N) is 2. The topological polar surface area (TPSA) is 6.48 Å². The first-order chi connectivity index (χ1) is 31.9. The molecule has 9 rings (SSSR count). The average Bonchev–Trinajstić information content (AvgIpc) is 3.37. The van der Waals surface area contributed by atoms with Gasteiger partial charge in [-0.3, -0.25) is 0 Å². The summed E-state index contributed by atoms with van der Waals surface area (Å²) in [7, 11) is 65.2. The summed E-state index contributed by atoms with van der Waals surface area (Å²) in [6.45, 7) is 0. The molecule has 0 spiro atoms. The van der Waals surface area contributed by atoms with Gasteiger partial charge in [0.15, 0.2) is 0 Å². The molecule has 0 N–H and O–H groups in total. The van der Waals surface area contributed by atoms with Crippen molar-refractivity contribution >= 4 is 134 Å². The smallest absolute Gasteiger partial charge is 0.115 e. The van der Waals surface area contributed by atoms with Crippen LogP contribution in [-0.4, -0.2) is 84.5 Å². The fraction of sp³-hybridized carbons (Fsp3) is 0.0741. The van der Waals surface area contributed by atoms with Gasteiger partial charge in [0.05, 0.1) is 21.7 Å². The summed E-state index contributed by atoms with van der Waals surface area (Å²) < 4.78 is 0. The monoisotopic (exact) mass is 820 g/mol. The van der Waals surface area contributed by atoms with Gasteiger partial charge in [-0.1, -0.05) is 156 Å². The maximum Gasteiger partial charge on any atom is 0.115 e. The second kappa shape index (κ2) is 18.9. The van der Waals surface area contributed by atoms with Crippen molar-refractivity contribution in [1.29, 1.82) is 0 Å². The van der Waals surface area contributed by atoms with Crippen LogP contribution >= 0.6 is 0 Å². The first kappa shape index (κ1) is 44.9. The molecule has 66 heavy (non-hydrogen) atoms. The summed E-state index contributed by atoms with van der Waals surface area (Å²) in [5.74, 6) is -1.44. The van der Waals surface area contributed by atoms with Crippen LogP contribution in [-0.2, 0) is 0 Å². The predicted octanol–water partition coefficient (Wildman–Crippen LogP) is 6.20. The molecule has 7 aromatic carbocycles. The summed E-state index contributed by atoms with van der Waals surface area (Å²) >= 11 is 0. The summed E-state index contributed by atoms with van der Waals surface area (Å²) in [5.41, 5.74) is 14.1. The van der Waals surface area contributed by atoms with Gasteiger partial charge in [-0.05, 0) is 99.2 Å². The van der Waals surface area contributed by atoms with Crippen LogP contribution in [0.4, 0.5) is 22.7 Å². The molecule has 0 saturated carbocycles. The number of benzene rings is 7. The van der Waals surface area contributed by atoms with Gasteiger partial charge in [-0.25, -0.2) is 0 Å². The van der Waals surface area contributed by atoms with E-state index in [1.807, 2.05) is 65.6 Å². The van der Waals surface area contributed by atoms with E-state index in [0.29, 0.717) is 23.3 Å². The zero-order valence-corrected chi connectivity index (χ0v) is 36.4. The van der Waals surface area contributed by atoms with Crippen LogP contribution < -0.4 is 37.1 Å². The Morgan fingerprint density at radius 3 is 1.35 bits per heavy atom. The summed E-state index contributed by atoms with van der Waals surface area (Å²) in [6.07, 6.45) is 7.13. The van der Waals surface area contributed by atoms with Gasteiger partial charge < -0.3 is 9.80 Å². The van der Waals surface area contributed by atoms with Crippen molar-refractivity contribution in [1.82, 2.24) is 0 Å².